The Morgan fingerprint density at radius 2 is 0.776 bits per heavy atom. The van der Waals surface area contributed by atoms with Gasteiger partial charge in [-0.25, -0.2) is 0 Å². The SMILES string of the molecule is C[Si]1(C)c2ccccc2C2(c3cc(N(c4ccccc4)c4ccccc4)ccc3-c3c2cc(N(c2ccccc2)c2ccccc2)c2ccccc32)c2ccccc21. The van der Waals surface area contributed by atoms with Gasteiger partial charge in [0.1, 0.15) is 8.07 Å². The van der Waals surface area contributed by atoms with E-state index < -0.39 is 13.5 Å². The Labute approximate surface area is 341 Å². The summed E-state index contributed by atoms with van der Waals surface area (Å²) >= 11 is 0. The highest BCUT2D eigenvalue weighted by molar-refractivity contribution is 7.01. The predicted octanol–water partition coefficient (Wildman–Crippen LogP) is 13.3. The Bertz CT molecular complexity index is 2850. The molecule has 9 aromatic rings. The predicted molar refractivity (Wildman–Crippen MR) is 247 cm³/mol. The molecule has 0 aromatic heterocycles. The van der Waals surface area contributed by atoms with E-state index in [4.69, 9.17) is 0 Å². The van der Waals surface area contributed by atoms with Gasteiger partial charge in [-0.1, -0.05) is 165 Å². The third kappa shape index (κ3) is 4.97. The van der Waals surface area contributed by atoms with E-state index >= 15 is 0 Å². The van der Waals surface area contributed by atoms with Gasteiger partial charge in [-0.05, 0) is 116 Å². The first kappa shape index (κ1) is 34.3. The number of para-hydroxylation sites is 4. The van der Waals surface area contributed by atoms with E-state index in [1.54, 1.807) is 0 Å². The smallest absolute Gasteiger partial charge is 0.113 e. The van der Waals surface area contributed by atoms with Gasteiger partial charge in [0.2, 0.25) is 0 Å². The van der Waals surface area contributed by atoms with Crippen LogP contribution in [0.4, 0.5) is 34.1 Å². The molecule has 3 heteroatoms. The van der Waals surface area contributed by atoms with Crippen molar-refractivity contribution in [2.45, 2.75) is 18.5 Å². The molecule has 1 aliphatic carbocycles. The highest BCUT2D eigenvalue weighted by Crippen LogP contribution is 2.61. The summed E-state index contributed by atoms with van der Waals surface area (Å²) in [5, 5.41) is 5.48. The summed E-state index contributed by atoms with van der Waals surface area (Å²) in [6.07, 6.45) is 0. The molecule has 1 spiro atoms. The first-order valence-corrected chi connectivity index (χ1v) is 23.3. The van der Waals surface area contributed by atoms with Crippen molar-refractivity contribution in [3.8, 4) is 11.1 Å². The molecule has 0 radical (unpaired) electrons. The van der Waals surface area contributed by atoms with Gasteiger partial charge >= 0.3 is 0 Å². The quantitative estimate of drug-likeness (QED) is 0.156. The molecule has 0 saturated carbocycles. The van der Waals surface area contributed by atoms with E-state index in [-0.39, 0.29) is 0 Å². The molecule has 2 nitrogen and oxygen atoms in total. The molecule has 0 bridgehead atoms. The Kier molecular flexibility index (Phi) is 7.89. The van der Waals surface area contributed by atoms with Gasteiger partial charge in [-0.2, -0.15) is 0 Å². The van der Waals surface area contributed by atoms with E-state index in [9.17, 15) is 0 Å². The van der Waals surface area contributed by atoms with Crippen LogP contribution in [-0.2, 0) is 5.41 Å². The van der Waals surface area contributed by atoms with E-state index in [0.29, 0.717) is 0 Å². The normalized spacial score (nSPS) is 14.0. The molecule has 0 amide bonds. The van der Waals surface area contributed by atoms with Gasteiger partial charge in [0.25, 0.3) is 0 Å². The fraction of sp³-hybridized carbons (Fsp3) is 0.0545. The Hall–Kier alpha value is -6.94. The molecule has 1 aliphatic heterocycles. The zero-order chi connectivity index (χ0) is 38.8. The minimum atomic E-state index is -2.12. The van der Waals surface area contributed by atoms with Crippen LogP contribution < -0.4 is 20.2 Å². The van der Waals surface area contributed by atoms with Crippen molar-refractivity contribution in [2.24, 2.45) is 0 Å². The van der Waals surface area contributed by atoms with Crippen LogP contribution in [0.1, 0.15) is 22.3 Å². The van der Waals surface area contributed by atoms with E-state index in [2.05, 4.69) is 241 Å². The first-order valence-electron chi connectivity index (χ1n) is 20.3. The van der Waals surface area contributed by atoms with E-state index in [1.165, 1.54) is 60.2 Å². The maximum absolute atomic E-state index is 2.55. The average molecular weight is 759 g/mol. The molecular weight excluding hydrogens is 717 g/mol. The number of benzene rings is 9. The van der Waals surface area contributed by atoms with E-state index in [0.717, 1.165) is 28.4 Å². The molecule has 1 heterocycles. The number of hydrogen-bond acceptors (Lipinski definition) is 2. The second-order valence-electron chi connectivity index (χ2n) is 16.1. The number of hydrogen-bond donors (Lipinski definition) is 0. The molecule has 11 rings (SSSR count). The molecule has 0 atom stereocenters. The minimum absolute atomic E-state index is 0.576. The Morgan fingerprint density at radius 3 is 1.29 bits per heavy atom. The lowest BCUT2D eigenvalue weighted by molar-refractivity contribution is 0.773. The van der Waals surface area contributed by atoms with Crippen LogP contribution in [0.5, 0.6) is 0 Å². The number of anilines is 6. The van der Waals surface area contributed by atoms with Crippen LogP contribution in [0.25, 0.3) is 21.9 Å². The molecule has 2 aliphatic rings. The summed E-state index contributed by atoms with van der Waals surface area (Å²) < 4.78 is 0. The van der Waals surface area contributed by atoms with Crippen LogP contribution in [-0.4, -0.2) is 8.07 Å². The van der Waals surface area contributed by atoms with Crippen molar-refractivity contribution in [1.29, 1.82) is 0 Å². The van der Waals surface area contributed by atoms with Crippen LogP contribution in [0.3, 0.4) is 0 Å². The molecule has 9 aromatic carbocycles. The van der Waals surface area contributed by atoms with Crippen LogP contribution >= 0.6 is 0 Å². The van der Waals surface area contributed by atoms with Gasteiger partial charge in [0.15, 0.2) is 0 Å². The molecule has 276 valence electrons. The lowest BCUT2D eigenvalue weighted by Crippen LogP contribution is -2.63. The van der Waals surface area contributed by atoms with Crippen LogP contribution in [0, 0.1) is 0 Å². The summed E-state index contributed by atoms with van der Waals surface area (Å²) in [5.74, 6) is 0. The van der Waals surface area contributed by atoms with Crippen molar-refractivity contribution < 1.29 is 0 Å². The highest BCUT2D eigenvalue weighted by Gasteiger charge is 2.54. The van der Waals surface area contributed by atoms with Gasteiger partial charge in [0.05, 0.1) is 11.1 Å². The summed E-state index contributed by atoms with van der Waals surface area (Å²) in [6.45, 7) is 5.07. The highest BCUT2D eigenvalue weighted by atomic mass is 28.3. The van der Waals surface area contributed by atoms with Gasteiger partial charge in [0, 0.05) is 33.8 Å². The standard InChI is InChI=1S/C55H42N2Si/c1-58(2)52-33-19-17-31-47(52)55(48-32-18-20-34-53(48)58)49-37-43(56(39-21-7-3-8-22-39)40-23-9-4-10-24-40)35-36-46(49)54-45-30-16-15-29-44(45)51(38-50(54)55)57(41-25-11-5-12-26-41)42-27-13-6-14-28-42/h3-38H,1-2H3. The van der Waals surface area contributed by atoms with Crippen molar-refractivity contribution >= 4 is 63.3 Å². The number of fused-ring (bicyclic) bond motifs is 11. The fourth-order valence-electron chi connectivity index (χ4n) is 10.2. The maximum atomic E-state index is 2.55. The molecule has 0 N–H and O–H groups in total. The summed E-state index contributed by atoms with van der Waals surface area (Å²) in [4.78, 5) is 4.86. The van der Waals surface area contributed by atoms with Crippen molar-refractivity contribution in [3.05, 3.63) is 241 Å². The molecule has 58 heavy (non-hydrogen) atoms. The first-order chi connectivity index (χ1) is 28.6. The van der Waals surface area contributed by atoms with Crippen molar-refractivity contribution in [3.63, 3.8) is 0 Å². The van der Waals surface area contributed by atoms with Crippen LogP contribution in [0.15, 0.2) is 218 Å². The monoisotopic (exact) mass is 758 g/mol. The summed E-state index contributed by atoms with van der Waals surface area (Å²) in [7, 11) is -2.12. The Balaban J connectivity index is 1.30. The van der Waals surface area contributed by atoms with Gasteiger partial charge < -0.3 is 9.80 Å². The minimum Gasteiger partial charge on any atom is -0.310 e. The van der Waals surface area contributed by atoms with Gasteiger partial charge in [-0.3, -0.25) is 0 Å². The zero-order valence-electron chi connectivity index (χ0n) is 32.7. The molecule has 0 fully saturated rings. The summed E-state index contributed by atoms with van der Waals surface area (Å²) in [6, 6.07) is 81.0. The third-order valence-electron chi connectivity index (χ3n) is 12.7. The second kappa shape index (κ2) is 13.3. The Morgan fingerprint density at radius 1 is 0.345 bits per heavy atom. The summed E-state index contributed by atoms with van der Waals surface area (Å²) in [5.41, 5.74) is 14.3. The van der Waals surface area contributed by atoms with Crippen LogP contribution in [0.2, 0.25) is 13.1 Å². The van der Waals surface area contributed by atoms with E-state index in [1.807, 2.05) is 0 Å². The fourth-order valence-corrected chi connectivity index (χ4v) is 13.4. The molecule has 0 unspecified atom stereocenters. The largest absolute Gasteiger partial charge is 0.310 e. The number of rotatable bonds is 6. The van der Waals surface area contributed by atoms with Crippen molar-refractivity contribution in [1.82, 2.24) is 0 Å². The van der Waals surface area contributed by atoms with Crippen molar-refractivity contribution in [2.75, 3.05) is 9.80 Å². The topological polar surface area (TPSA) is 6.48 Å². The maximum Gasteiger partial charge on any atom is 0.113 e. The lowest BCUT2D eigenvalue weighted by atomic mass is 9.67. The molecular formula is C55H42N2Si. The zero-order valence-corrected chi connectivity index (χ0v) is 33.7. The number of nitrogens with zero attached hydrogens (tertiary/aromatic N) is 2. The molecule has 0 saturated heterocycles. The average Bonchev–Trinajstić information content (AvgIpc) is 3.57. The lowest BCUT2D eigenvalue weighted by Gasteiger charge is -2.46. The third-order valence-corrected chi connectivity index (χ3v) is 16.2. The van der Waals surface area contributed by atoms with Gasteiger partial charge in [-0.15, -0.1) is 0 Å². The second-order valence-corrected chi connectivity index (χ2v) is 20.4.